The van der Waals surface area contributed by atoms with Gasteiger partial charge in [-0.25, -0.2) is 13.1 Å². The van der Waals surface area contributed by atoms with Gasteiger partial charge in [-0.3, -0.25) is 4.79 Å². The van der Waals surface area contributed by atoms with Gasteiger partial charge in [0, 0.05) is 25.6 Å². The minimum atomic E-state index is -3.77. The van der Waals surface area contributed by atoms with Crippen molar-refractivity contribution in [2.45, 2.75) is 11.3 Å². The van der Waals surface area contributed by atoms with E-state index in [2.05, 4.69) is 21.9 Å². The standard InChI is InChI=1S/C13H16ClN3O3S/c1-16-13(18)6-8-17-21(19,20)12-5-4-10(3-2-7-15)9-11(12)14/h4-5,9,17H,6-8,15H2,1H3,(H,16,18). The topological polar surface area (TPSA) is 101 Å². The van der Waals surface area contributed by atoms with Crippen LogP contribution in [0.4, 0.5) is 0 Å². The molecule has 0 aromatic heterocycles. The van der Waals surface area contributed by atoms with Crippen molar-refractivity contribution in [3.05, 3.63) is 28.8 Å². The van der Waals surface area contributed by atoms with Gasteiger partial charge < -0.3 is 11.1 Å². The van der Waals surface area contributed by atoms with E-state index in [1.165, 1.54) is 19.2 Å². The predicted molar refractivity (Wildman–Crippen MR) is 81.3 cm³/mol. The highest BCUT2D eigenvalue weighted by Crippen LogP contribution is 2.22. The zero-order valence-electron chi connectivity index (χ0n) is 11.4. The summed E-state index contributed by atoms with van der Waals surface area (Å²) in [6.07, 6.45) is 0.0490. The van der Waals surface area contributed by atoms with E-state index in [-0.39, 0.29) is 35.3 Å². The van der Waals surface area contributed by atoms with Crippen LogP contribution in [0.25, 0.3) is 0 Å². The highest BCUT2D eigenvalue weighted by Gasteiger charge is 2.17. The quantitative estimate of drug-likeness (QED) is 0.665. The number of sulfonamides is 1. The second-order valence-corrected chi connectivity index (χ2v) is 6.11. The van der Waals surface area contributed by atoms with Gasteiger partial charge in [0.05, 0.1) is 11.6 Å². The fourth-order valence-electron chi connectivity index (χ4n) is 1.45. The minimum Gasteiger partial charge on any atom is -0.359 e. The van der Waals surface area contributed by atoms with Gasteiger partial charge >= 0.3 is 0 Å². The van der Waals surface area contributed by atoms with Crippen LogP contribution in [-0.4, -0.2) is 34.5 Å². The van der Waals surface area contributed by atoms with Crippen molar-refractivity contribution in [2.24, 2.45) is 5.73 Å². The summed E-state index contributed by atoms with van der Waals surface area (Å²) < 4.78 is 26.4. The van der Waals surface area contributed by atoms with Crippen LogP contribution in [-0.2, 0) is 14.8 Å². The van der Waals surface area contributed by atoms with E-state index < -0.39 is 10.0 Å². The molecule has 0 saturated carbocycles. The highest BCUT2D eigenvalue weighted by molar-refractivity contribution is 7.89. The smallest absolute Gasteiger partial charge is 0.242 e. The van der Waals surface area contributed by atoms with E-state index in [4.69, 9.17) is 17.3 Å². The molecule has 0 saturated heterocycles. The number of hydrogen-bond donors (Lipinski definition) is 3. The molecule has 0 heterocycles. The molecule has 4 N–H and O–H groups in total. The average molecular weight is 330 g/mol. The van der Waals surface area contributed by atoms with Crippen LogP contribution in [0, 0.1) is 11.8 Å². The Labute approximate surface area is 129 Å². The lowest BCUT2D eigenvalue weighted by atomic mass is 10.2. The predicted octanol–water partition coefficient (Wildman–Crippen LogP) is 0.0646. The molecule has 0 aliphatic heterocycles. The molecular weight excluding hydrogens is 314 g/mol. The molecule has 0 aliphatic rings. The van der Waals surface area contributed by atoms with Crippen LogP contribution in [0.1, 0.15) is 12.0 Å². The summed E-state index contributed by atoms with van der Waals surface area (Å²) >= 11 is 5.96. The van der Waals surface area contributed by atoms with Crippen molar-refractivity contribution in [1.29, 1.82) is 0 Å². The summed E-state index contributed by atoms with van der Waals surface area (Å²) in [5.74, 6) is 5.16. The Morgan fingerprint density at radius 2 is 2.14 bits per heavy atom. The highest BCUT2D eigenvalue weighted by atomic mass is 35.5. The van der Waals surface area contributed by atoms with Crippen molar-refractivity contribution in [1.82, 2.24) is 10.0 Å². The summed E-state index contributed by atoms with van der Waals surface area (Å²) in [6.45, 7) is 0.200. The molecule has 1 aromatic rings. The largest absolute Gasteiger partial charge is 0.359 e. The Bertz CT molecular complexity index is 678. The summed E-state index contributed by atoms with van der Waals surface area (Å²) in [6, 6.07) is 4.37. The van der Waals surface area contributed by atoms with Crippen LogP contribution < -0.4 is 15.8 Å². The molecule has 21 heavy (non-hydrogen) atoms. The first-order valence-corrected chi connectivity index (χ1v) is 7.95. The molecule has 114 valence electrons. The van der Waals surface area contributed by atoms with Crippen molar-refractivity contribution >= 4 is 27.5 Å². The third-order valence-corrected chi connectivity index (χ3v) is 4.42. The van der Waals surface area contributed by atoms with Crippen LogP contribution in [0.5, 0.6) is 0 Å². The molecular formula is C13H16ClN3O3S. The molecule has 6 nitrogen and oxygen atoms in total. The van der Waals surface area contributed by atoms with E-state index in [0.717, 1.165) is 0 Å². The number of halogens is 1. The monoisotopic (exact) mass is 329 g/mol. The van der Waals surface area contributed by atoms with Gasteiger partial charge in [-0.05, 0) is 18.2 Å². The lowest BCUT2D eigenvalue weighted by molar-refractivity contribution is -0.120. The van der Waals surface area contributed by atoms with E-state index >= 15 is 0 Å². The molecule has 0 spiro atoms. The summed E-state index contributed by atoms with van der Waals surface area (Å²) in [5, 5.41) is 2.47. The van der Waals surface area contributed by atoms with Crippen molar-refractivity contribution in [2.75, 3.05) is 20.1 Å². The zero-order chi connectivity index (χ0) is 15.9. The van der Waals surface area contributed by atoms with Crippen molar-refractivity contribution in [3.63, 3.8) is 0 Å². The number of rotatable bonds is 5. The Morgan fingerprint density at radius 1 is 1.43 bits per heavy atom. The minimum absolute atomic E-state index is 0.00688. The second-order valence-electron chi connectivity index (χ2n) is 3.97. The maximum atomic E-state index is 12.1. The first kappa shape index (κ1) is 17.5. The van der Waals surface area contributed by atoms with Crippen LogP contribution in [0.3, 0.4) is 0 Å². The molecule has 1 amide bonds. The van der Waals surface area contributed by atoms with Gasteiger partial charge in [-0.2, -0.15) is 0 Å². The molecule has 0 bridgehead atoms. The average Bonchev–Trinajstić information content (AvgIpc) is 2.44. The fourth-order valence-corrected chi connectivity index (χ4v) is 3.03. The van der Waals surface area contributed by atoms with Gasteiger partial charge in [0.2, 0.25) is 15.9 Å². The number of nitrogens with two attached hydrogens (primary N) is 1. The van der Waals surface area contributed by atoms with Crippen LogP contribution in [0.2, 0.25) is 5.02 Å². The number of amides is 1. The Morgan fingerprint density at radius 3 is 2.71 bits per heavy atom. The normalized spacial score (nSPS) is 10.6. The molecule has 1 rings (SSSR count). The Balaban J connectivity index is 2.86. The number of benzene rings is 1. The number of carbonyl (C=O) groups is 1. The van der Waals surface area contributed by atoms with E-state index in [0.29, 0.717) is 5.56 Å². The van der Waals surface area contributed by atoms with Crippen LogP contribution in [0.15, 0.2) is 23.1 Å². The molecule has 0 radical (unpaired) electrons. The van der Waals surface area contributed by atoms with Crippen molar-refractivity contribution < 1.29 is 13.2 Å². The van der Waals surface area contributed by atoms with E-state index in [1.54, 1.807) is 6.07 Å². The van der Waals surface area contributed by atoms with Crippen LogP contribution >= 0.6 is 11.6 Å². The number of hydrogen-bond acceptors (Lipinski definition) is 4. The Hall–Kier alpha value is -1.59. The SMILES string of the molecule is CNC(=O)CCNS(=O)(=O)c1ccc(C#CCN)cc1Cl. The zero-order valence-corrected chi connectivity index (χ0v) is 13.0. The number of carbonyl (C=O) groups excluding carboxylic acids is 1. The van der Waals surface area contributed by atoms with Gasteiger partial charge in [-0.15, -0.1) is 0 Å². The summed E-state index contributed by atoms with van der Waals surface area (Å²) in [5.41, 5.74) is 5.84. The van der Waals surface area contributed by atoms with Gasteiger partial charge in [0.1, 0.15) is 4.90 Å². The lowest BCUT2D eigenvalue weighted by Gasteiger charge is -2.08. The maximum absolute atomic E-state index is 12.1. The summed E-state index contributed by atoms with van der Waals surface area (Å²) in [4.78, 5) is 11.0. The van der Waals surface area contributed by atoms with Crippen molar-refractivity contribution in [3.8, 4) is 11.8 Å². The van der Waals surface area contributed by atoms with Gasteiger partial charge in [0.25, 0.3) is 0 Å². The summed E-state index contributed by atoms with van der Waals surface area (Å²) in [7, 11) is -2.29. The molecule has 8 heteroatoms. The van der Waals surface area contributed by atoms with Gasteiger partial charge in [0.15, 0.2) is 0 Å². The van der Waals surface area contributed by atoms with Gasteiger partial charge in [-0.1, -0.05) is 23.4 Å². The maximum Gasteiger partial charge on any atom is 0.242 e. The number of nitrogens with one attached hydrogen (secondary N) is 2. The third kappa shape index (κ3) is 5.36. The van der Waals surface area contributed by atoms with E-state index in [1.807, 2.05) is 0 Å². The Kier molecular flexibility index (Phi) is 6.65. The molecule has 0 aliphatic carbocycles. The fraction of sp³-hybridized carbons (Fsp3) is 0.308. The molecule has 0 atom stereocenters. The first-order valence-electron chi connectivity index (χ1n) is 6.09. The third-order valence-electron chi connectivity index (χ3n) is 2.48. The molecule has 0 fully saturated rings. The lowest BCUT2D eigenvalue weighted by Crippen LogP contribution is -2.29. The molecule has 0 unspecified atom stereocenters. The molecule has 1 aromatic carbocycles. The van der Waals surface area contributed by atoms with E-state index in [9.17, 15) is 13.2 Å². The second kappa shape index (κ2) is 8.00. The first-order chi connectivity index (χ1) is 9.90.